The largest absolute Gasteiger partial charge is 0.490 e. The third kappa shape index (κ3) is 6.91. The van der Waals surface area contributed by atoms with Gasteiger partial charge in [-0.15, -0.1) is 0 Å². The Hall–Kier alpha value is -3.66. The highest BCUT2D eigenvalue weighted by Gasteiger charge is 2.38. The maximum Gasteiger partial charge on any atom is 0.490 e. The van der Waals surface area contributed by atoms with Gasteiger partial charge in [-0.2, -0.15) is 18.3 Å². The van der Waals surface area contributed by atoms with Crippen molar-refractivity contribution in [1.29, 1.82) is 0 Å². The Morgan fingerprint density at radius 1 is 1.18 bits per heavy atom. The molecule has 0 saturated heterocycles. The quantitative estimate of drug-likeness (QED) is 0.482. The molecule has 10 heteroatoms. The number of carbonyl (C=O) groups is 1. The molecule has 4 rings (SSSR count). The van der Waals surface area contributed by atoms with Crippen molar-refractivity contribution in [3.8, 4) is 5.69 Å². The smallest absolute Gasteiger partial charge is 0.475 e. The van der Waals surface area contributed by atoms with E-state index in [2.05, 4.69) is 46.1 Å². The highest BCUT2D eigenvalue weighted by atomic mass is 19.4. The van der Waals surface area contributed by atoms with Gasteiger partial charge in [0.15, 0.2) is 0 Å². The standard InChI is InChI=1S/C21H21FN4.C2HF3O2/c22-20-14-16(2-7-21(20)26-13-1-10-25-26)15-24-19-5-3-17(4-6-19)18-8-11-23-12-9-18;3-2(4,5)1(6)7/h1-8,10,13-14,23-24H,9,11-12,15H2;(H,6,7). The van der Waals surface area contributed by atoms with Gasteiger partial charge in [-0.1, -0.05) is 24.3 Å². The first-order valence-corrected chi connectivity index (χ1v) is 10.1. The summed E-state index contributed by atoms with van der Waals surface area (Å²) in [6, 6.07) is 15.4. The van der Waals surface area contributed by atoms with Gasteiger partial charge in [-0.25, -0.2) is 13.9 Å². The van der Waals surface area contributed by atoms with Crippen LogP contribution in [0.2, 0.25) is 0 Å². The molecule has 1 aliphatic rings. The van der Waals surface area contributed by atoms with E-state index in [0.29, 0.717) is 12.2 Å². The van der Waals surface area contributed by atoms with E-state index in [9.17, 15) is 17.6 Å². The molecule has 2 aromatic carbocycles. The van der Waals surface area contributed by atoms with Gasteiger partial charge in [0.05, 0.1) is 0 Å². The first-order valence-electron chi connectivity index (χ1n) is 10.1. The molecule has 0 saturated carbocycles. The summed E-state index contributed by atoms with van der Waals surface area (Å²) in [5.41, 5.74) is 5.04. The molecule has 33 heavy (non-hydrogen) atoms. The van der Waals surface area contributed by atoms with E-state index in [1.165, 1.54) is 15.8 Å². The summed E-state index contributed by atoms with van der Waals surface area (Å²) in [5, 5.41) is 17.9. The molecule has 174 valence electrons. The molecule has 1 aliphatic heterocycles. The lowest BCUT2D eigenvalue weighted by atomic mass is 10.00. The van der Waals surface area contributed by atoms with Crippen molar-refractivity contribution in [3.05, 3.63) is 83.9 Å². The second-order valence-electron chi connectivity index (χ2n) is 7.15. The van der Waals surface area contributed by atoms with Crippen LogP contribution in [0.15, 0.2) is 67.0 Å². The third-order valence-corrected chi connectivity index (χ3v) is 4.82. The summed E-state index contributed by atoms with van der Waals surface area (Å²) in [5.74, 6) is -3.03. The average Bonchev–Trinajstić information content (AvgIpc) is 3.33. The predicted octanol–water partition coefficient (Wildman–Crippen LogP) is 4.63. The maximum absolute atomic E-state index is 14.3. The number of alkyl halides is 3. The van der Waals surface area contributed by atoms with Crippen molar-refractivity contribution in [3.63, 3.8) is 0 Å². The number of rotatable bonds is 5. The van der Waals surface area contributed by atoms with E-state index in [1.807, 2.05) is 6.07 Å². The Morgan fingerprint density at radius 3 is 2.45 bits per heavy atom. The minimum absolute atomic E-state index is 0.277. The number of carboxylic acids is 1. The van der Waals surface area contributed by atoms with Gasteiger partial charge in [-0.3, -0.25) is 0 Å². The molecular formula is C23H22F4N4O2. The first kappa shape index (κ1) is 24.0. The molecule has 3 aromatic rings. The van der Waals surface area contributed by atoms with E-state index in [4.69, 9.17) is 9.90 Å². The molecule has 0 spiro atoms. The summed E-state index contributed by atoms with van der Waals surface area (Å²) in [6.45, 7) is 2.55. The molecule has 0 atom stereocenters. The van der Waals surface area contributed by atoms with Gasteiger partial charge >= 0.3 is 12.1 Å². The van der Waals surface area contributed by atoms with Crippen molar-refractivity contribution in [2.45, 2.75) is 19.1 Å². The first-order chi connectivity index (χ1) is 15.7. The van der Waals surface area contributed by atoms with Gasteiger partial charge in [0.1, 0.15) is 11.5 Å². The van der Waals surface area contributed by atoms with Crippen molar-refractivity contribution >= 4 is 17.2 Å². The Bertz CT molecular complexity index is 1090. The van der Waals surface area contributed by atoms with Crippen LogP contribution in [-0.2, 0) is 11.3 Å². The number of benzene rings is 2. The molecule has 0 unspecified atom stereocenters. The Kier molecular flexibility index (Phi) is 7.83. The fourth-order valence-corrected chi connectivity index (χ4v) is 3.15. The molecule has 2 heterocycles. The molecule has 1 aromatic heterocycles. The number of halogens is 4. The summed E-state index contributed by atoms with van der Waals surface area (Å²) < 4.78 is 47.6. The second kappa shape index (κ2) is 10.8. The number of nitrogens with one attached hydrogen (secondary N) is 2. The van der Waals surface area contributed by atoms with Crippen molar-refractivity contribution in [2.75, 3.05) is 18.4 Å². The number of nitrogens with zero attached hydrogens (tertiary/aromatic N) is 2. The molecule has 3 N–H and O–H groups in total. The van der Waals surface area contributed by atoms with Crippen LogP contribution in [0.4, 0.5) is 23.2 Å². The Morgan fingerprint density at radius 2 is 1.91 bits per heavy atom. The van der Waals surface area contributed by atoms with Crippen LogP contribution in [0, 0.1) is 5.82 Å². The molecule has 0 fully saturated rings. The van der Waals surface area contributed by atoms with Gasteiger partial charge < -0.3 is 15.7 Å². The van der Waals surface area contributed by atoms with Gasteiger partial charge in [0, 0.05) is 31.2 Å². The fourth-order valence-electron chi connectivity index (χ4n) is 3.15. The third-order valence-electron chi connectivity index (χ3n) is 4.82. The maximum atomic E-state index is 14.3. The van der Waals surface area contributed by atoms with Crippen LogP contribution in [0.25, 0.3) is 11.3 Å². The number of hydrogen-bond donors (Lipinski definition) is 3. The van der Waals surface area contributed by atoms with Crippen LogP contribution in [0.5, 0.6) is 0 Å². The lowest BCUT2D eigenvalue weighted by Gasteiger charge is -2.15. The van der Waals surface area contributed by atoms with Crippen molar-refractivity contribution < 1.29 is 27.5 Å². The summed E-state index contributed by atoms with van der Waals surface area (Å²) in [7, 11) is 0. The molecule has 0 bridgehead atoms. The number of aromatic nitrogens is 2. The minimum Gasteiger partial charge on any atom is -0.475 e. The zero-order chi connectivity index (χ0) is 23.8. The highest BCUT2D eigenvalue weighted by Crippen LogP contribution is 2.22. The van der Waals surface area contributed by atoms with Crippen molar-refractivity contribution in [2.24, 2.45) is 0 Å². The Balaban J connectivity index is 0.000000383. The van der Waals surface area contributed by atoms with Crippen LogP contribution in [-0.4, -0.2) is 40.1 Å². The monoisotopic (exact) mass is 462 g/mol. The van der Waals surface area contributed by atoms with Gasteiger partial charge in [0.25, 0.3) is 0 Å². The van der Waals surface area contributed by atoms with Gasteiger partial charge in [0.2, 0.25) is 0 Å². The number of anilines is 1. The molecule has 0 amide bonds. The Labute approximate surface area is 187 Å². The van der Waals surface area contributed by atoms with Crippen molar-refractivity contribution in [1.82, 2.24) is 15.1 Å². The minimum atomic E-state index is -5.08. The highest BCUT2D eigenvalue weighted by molar-refractivity contribution is 5.73. The topological polar surface area (TPSA) is 79.2 Å². The predicted molar refractivity (Wildman–Crippen MR) is 116 cm³/mol. The summed E-state index contributed by atoms with van der Waals surface area (Å²) >= 11 is 0. The second-order valence-corrected chi connectivity index (χ2v) is 7.15. The van der Waals surface area contributed by atoms with E-state index >= 15 is 0 Å². The van der Waals surface area contributed by atoms with Gasteiger partial charge in [-0.05, 0) is 60.0 Å². The van der Waals surface area contributed by atoms with E-state index < -0.39 is 12.1 Å². The lowest BCUT2D eigenvalue weighted by molar-refractivity contribution is -0.192. The summed E-state index contributed by atoms with van der Waals surface area (Å²) in [4.78, 5) is 8.90. The number of hydrogen-bond acceptors (Lipinski definition) is 4. The number of carboxylic acid groups (broad SMARTS) is 1. The van der Waals surface area contributed by atoms with Crippen LogP contribution in [0.3, 0.4) is 0 Å². The zero-order valence-electron chi connectivity index (χ0n) is 17.4. The SMILES string of the molecule is Fc1cc(CNc2ccc(C3=CCNCC3)cc2)ccc1-n1cccn1.O=C(O)C(F)(F)F. The van der Waals surface area contributed by atoms with E-state index in [-0.39, 0.29) is 5.82 Å². The summed E-state index contributed by atoms with van der Waals surface area (Å²) in [6.07, 6.45) is 1.60. The lowest BCUT2D eigenvalue weighted by Crippen LogP contribution is -2.21. The normalized spacial score (nSPS) is 13.5. The van der Waals surface area contributed by atoms with Crippen LogP contribution >= 0.6 is 0 Å². The average molecular weight is 462 g/mol. The van der Waals surface area contributed by atoms with E-state index in [1.54, 1.807) is 30.6 Å². The molecular weight excluding hydrogens is 440 g/mol. The molecule has 6 nitrogen and oxygen atoms in total. The van der Waals surface area contributed by atoms with E-state index in [0.717, 1.165) is 30.8 Å². The molecule has 0 aliphatic carbocycles. The van der Waals surface area contributed by atoms with Crippen LogP contribution < -0.4 is 10.6 Å². The fraction of sp³-hybridized carbons (Fsp3) is 0.217. The molecule has 0 radical (unpaired) electrons. The zero-order valence-corrected chi connectivity index (χ0v) is 17.4. The number of aliphatic carboxylic acids is 1. The van der Waals surface area contributed by atoms with Crippen LogP contribution in [0.1, 0.15) is 17.5 Å².